The van der Waals surface area contributed by atoms with Crippen LogP contribution in [0.25, 0.3) is 6.08 Å². The topological polar surface area (TPSA) is 87.1 Å². The van der Waals surface area contributed by atoms with Crippen LogP contribution in [0.3, 0.4) is 0 Å². The minimum Gasteiger partial charge on any atom is -0.497 e. The lowest BCUT2D eigenvalue weighted by molar-refractivity contribution is -0.146. The first-order chi connectivity index (χ1) is 10.5. The molecule has 1 fully saturated rings. The smallest absolute Gasteiger partial charge is 0.329 e. The quantitative estimate of drug-likeness (QED) is 0.618. The van der Waals surface area contributed by atoms with Crippen molar-refractivity contribution in [2.75, 3.05) is 13.7 Å². The minimum atomic E-state index is -1.37. The number of methoxy groups -OCH3 is 1. The number of amides is 1. The van der Waals surface area contributed by atoms with Crippen molar-refractivity contribution in [3.63, 3.8) is 0 Å². The average molecular weight is 339 g/mol. The van der Waals surface area contributed by atoms with Crippen molar-refractivity contribution in [1.29, 1.82) is 0 Å². The number of carboxylic acid groups (broad SMARTS) is 1. The number of hydrogen-bond acceptors (Lipinski definition) is 6. The van der Waals surface area contributed by atoms with Gasteiger partial charge in [-0.3, -0.25) is 9.69 Å². The molecule has 2 rings (SSSR count). The summed E-state index contributed by atoms with van der Waals surface area (Å²) in [5.74, 6) is -1.19. The van der Waals surface area contributed by atoms with E-state index in [1.165, 1.54) is 7.11 Å². The summed E-state index contributed by atoms with van der Waals surface area (Å²) in [7, 11) is 1.54. The number of hydrogen-bond donors (Lipinski definition) is 2. The Morgan fingerprint density at radius 2 is 2.27 bits per heavy atom. The Balaban J connectivity index is 2.31. The van der Waals surface area contributed by atoms with Gasteiger partial charge < -0.3 is 14.9 Å². The number of aliphatic carboxylic acids is 1. The SMILES string of the molecule is COc1cccc(/C=C2\SC(=S)N(C(CO)C(=O)O)C2=O)c1. The number of aliphatic hydroxyl groups is 1. The molecule has 1 aromatic rings. The Morgan fingerprint density at radius 3 is 2.86 bits per heavy atom. The molecule has 0 aromatic heterocycles. The van der Waals surface area contributed by atoms with Crippen molar-refractivity contribution < 1.29 is 24.5 Å². The molecule has 2 N–H and O–H groups in total. The van der Waals surface area contributed by atoms with Gasteiger partial charge in [0.1, 0.15) is 10.1 Å². The molecule has 0 radical (unpaired) electrons. The second-order valence-electron chi connectivity index (χ2n) is 4.36. The van der Waals surface area contributed by atoms with Gasteiger partial charge in [0.25, 0.3) is 5.91 Å². The van der Waals surface area contributed by atoms with E-state index in [-0.39, 0.29) is 4.32 Å². The highest BCUT2D eigenvalue weighted by Gasteiger charge is 2.40. The second kappa shape index (κ2) is 6.91. The molecule has 0 aliphatic carbocycles. The zero-order valence-corrected chi connectivity index (χ0v) is 13.2. The lowest BCUT2D eigenvalue weighted by Crippen LogP contribution is -2.46. The van der Waals surface area contributed by atoms with E-state index in [1.807, 2.05) is 0 Å². The Hall–Kier alpha value is -1.90. The Morgan fingerprint density at radius 1 is 1.55 bits per heavy atom. The first-order valence-corrected chi connectivity index (χ1v) is 7.45. The van der Waals surface area contributed by atoms with Crippen molar-refractivity contribution in [2.45, 2.75) is 6.04 Å². The Kier molecular flexibility index (Phi) is 5.17. The molecular weight excluding hydrogens is 326 g/mol. The Bertz CT molecular complexity index is 658. The van der Waals surface area contributed by atoms with E-state index in [2.05, 4.69) is 0 Å². The summed E-state index contributed by atoms with van der Waals surface area (Å²) in [6.45, 7) is -0.700. The summed E-state index contributed by atoms with van der Waals surface area (Å²) < 4.78 is 5.22. The number of ether oxygens (including phenoxy) is 1. The number of carboxylic acids is 1. The molecular formula is C14H13NO5S2. The third-order valence-electron chi connectivity index (χ3n) is 2.98. The van der Waals surface area contributed by atoms with Crippen LogP contribution in [0.2, 0.25) is 0 Å². The summed E-state index contributed by atoms with van der Waals surface area (Å²) >= 11 is 6.05. The predicted octanol–water partition coefficient (Wildman–Crippen LogP) is 1.34. The van der Waals surface area contributed by atoms with Crippen LogP contribution in [0.5, 0.6) is 5.75 Å². The molecule has 1 atom stereocenters. The summed E-state index contributed by atoms with van der Waals surface area (Å²) in [6, 6.07) is 5.71. The van der Waals surface area contributed by atoms with Crippen LogP contribution in [0, 0.1) is 0 Å². The predicted molar refractivity (Wildman–Crippen MR) is 86.5 cm³/mol. The molecule has 116 valence electrons. The highest BCUT2D eigenvalue weighted by molar-refractivity contribution is 8.26. The van der Waals surface area contributed by atoms with E-state index in [0.29, 0.717) is 10.7 Å². The fourth-order valence-corrected chi connectivity index (χ4v) is 3.26. The highest BCUT2D eigenvalue weighted by atomic mass is 32.2. The molecule has 0 bridgehead atoms. The van der Waals surface area contributed by atoms with Crippen molar-refractivity contribution >= 4 is 46.3 Å². The largest absolute Gasteiger partial charge is 0.497 e. The number of carbonyl (C=O) groups is 2. The number of nitrogens with zero attached hydrogens (tertiary/aromatic N) is 1. The number of thioether (sulfide) groups is 1. The van der Waals surface area contributed by atoms with E-state index >= 15 is 0 Å². The first kappa shape index (κ1) is 16.5. The molecule has 6 nitrogen and oxygen atoms in total. The summed E-state index contributed by atoms with van der Waals surface area (Å²) in [4.78, 5) is 24.7. The van der Waals surface area contributed by atoms with Crippen LogP contribution >= 0.6 is 24.0 Å². The molecule has 1 amide bonds. The molecule has 8 heteroatoms. The standard InChI is InChI=1S/C14H13NO5S2/c1-20-9-4-2-3-8(5-9)6-11-12(17)15(14(21)22-11)10(7-16)13(18)19/h2-6,10,16H,7H2,1H3,(H,18,19)/b11-6-. The van der Waals surface area contributed by atoms with Gasteiger partial charge in [-0.25, -0.2) is 4.79 Å². The van der Waals surface area contributed by atoms with Gasteiger partial charge in [-0.15, -0.1) is 0 Å². The third-order valence-corrected chi connectivity index (χ3v) is 4.32. The van der Waals surface area contributed by atoms with Gasteiger partial charge in [-0.05, 0) is 23.8 Å². The fourth-order valence-electron chi connectivity index (χ4n) is 1.90. The van der Waals surface area contributed by atoms with E-state index in [9.17, 15) is 9.59 Å². The van der Waals surface area contributed by atoms with Crippen molar-refractivity contribution in [1.82, 2.24) is 4.90 Å². The van der Waals surface area contributed by atoms with E-state index in [1.54, 1.807) is 30.3 Å². The first-order valence-electron chi connectivity index (χ1n) is 6.22. The van der Waals surface area contributed by atoms with Gasteiger partial charge in [-0.1, -0.05) is 36.1 Å². The molecule has 22 heavy (non-hydrogen) atoms. The average Bonchev–Trinajstić information content (AvgIpc) is 2.76. The van der Waals surface area contributed by atoms with Crippen LogP contribution in [-0.4, -0.2) is 51.1 Å². The molecule has 1 aliphatic rings. The number of rotatable bonds is 5. The Labute approximate surface area is 136 Å². The van der Waals surface area contributed by atoms with Crippen LogP contribution in [0.15, 0.2) is 29.2 Å². The monoisotopic (exact) mass is 339 g/mol. The molecule has 1 aromatic carbocycles. The lowest BCUT2D eigenvalue weighted by atomic mass is 10.2. The fraction of sp³-hybridized carbons (Fsp3) is 0.214. The van der Waals surface area contributed by atoms with Gasteiger partial charge in [0.05, 0.1) is 18.6 Å². The number of thiocarbonyl (C=S) groups is 1. The summed E-state index contributed by atoms with van der Waals surface area (Å²) in [5.41, 5.74) is 0.732. The molecule has 0 saturated carbocycles. The second-order valence-corrected chi connectivity index (χ2v) is 6.04. The maximum atomic E-state index is 12.3. The van der Waals surface area contributed by atoms with Gasteiger partial charge >= 0.3 is 5.97 Å². The number of aliphatic hydroxyl groups excluding tert-OH is 1. The van der Waals surface area contributed by atoms with E-state index < -0.39 is 24.5 Å². The maximum Gasteiger partial charge on any atom is 0.329 e. The maximum absolute atomic E-state index is 12.3. The zero-order chi connectivity index (χ0) is 16.3. The molecule has 1 saturated heterocycles. The summed E-state index contributed by atoms with van der Waals surface area (Å²) in [5, 5.41) is 18.2. The minimum absolute atomic E-state index is 0.112. The third kappa shape index (κ3) is 3.29. The van der Waals surface area contributed by atoms with Gasteiger partial charge in [0.15, 0.2) is 6.04 Å². The van der Waals surface area contributed by atoms with E-state index in [4.69, 9.17) is 27.2 Å². The summed E-state index contributed by atoms with van der Waals surface area (Å²) in [6.07, 6.45) is 1.61. The van der Waals surface area contributed by atoms with Crippen LogP contribution < -0.4 is 4.74 Å². The van der Waals surface area contributed by atoms with Gasteiger partial charge in [0.2, 0.25) is 0 Å². The van der Waals surface area contributed by atoms with E-state index in [0.717, 1.165) is 22.2 Å². The van der Waals surface area contributed by atoms with Crippen molar-refractivity contribution in [3.8, 4) is 5.75 Å². The molecule has 1 unspecified atom stereocenters. The lowest BCUT2D eigenvalue weighted by Gasteiger charge is -2.20. The molecule has 1 heterocycles. The highest BCUT2D eigenvalue weighted by Crippen LogP contribution is 2.34. The van der Waals surface area contributed by atoms with Gasteiger partial charge in [0, 0.05) is 0 Å². The zero-order valence-electron chi connectivity index (χ0n) is 11.6. The number of benzene rings is 1. The van der Waals surface area contributed by atoms with Crippen LogP contribution in [0.4, 0.5) is 0 Å². The van der Waals surface area contributed by atoms with Crippen molar-refractivity contribution in [2.24, 2.45) is 0 Å². The van der Waals surface area contributed by atoms with Crippen LogP contribution in [0.1, 0.15) is 5.56 Å². The van der Waals surface area contributed by atoms with Gasteiger partial charge in [-0.2, -0.15) is 0 Å². The molecule has 0 spiro atoms. The van der Waals surface area contributed by atoms with Crippen LogP contribution in [-0.2, 0) is 9.59 Å². The molecule has 1 aliphatic heterocycles. The normalized spacial score (nSPS) is 17.9. The van der Waals surface area contributed by atoms with Crippen molar-refractivity contribution in [3.05, 3.63) is 34.7 Å². The number of carbonyl (C=O) groups excluding carboxylic acids is 1.